The predicted molar refractivity (Wildman–Crippen MR) is 110 cm³/mol. The van der Waals surface area contributed by atoms with Crippen LogP contribution < -0.4 is 4.90 Å². The van der Waals surface area contributed by atoms with Gasteiger partial charge in [0.05, 0.1) is 19.3 Å². The monoisotopic (exact) mass is 383 g/mol. The van der Waals surface area contributed by atoms with Gasteiger partial charge in [-0.1, -0.05) is 31.4 Å². The molecule has 1 amide bonds. The molecule has 2 saturated heterocycles. The Morgan fingerprint density at radius 3 is 2.50 bits per heavy atom. The van der Waals surface area contributed by atoms with Gasteiger partial charge in [-0.2, -0.15) is 0 Å². The first-order valence-corrected chi connectivity index (χ1v) is 10.5. The van der Waals surface area contributed by atoms with E-state index < -0.39 is 0 Å². The average Bonchev–Trinajstić information content (AvgIpc) is 3.04. The topological polar surface area (TPSA) is 54.4 Å². The highest BCUT2D eigenvalue weighted by molar-refractivity contribution is 6.11. The molecular formula is C22H29N3O3. The number of amides is 1. The number of anilines is 1. The molecule has 3 fully saturated rings. The van der Waals surface area contributed by atoms with Crippen LogP contribution in [0.4, 0.5) is 5.69 Å². The van der Waals surface area contributed by atoms with Gasteiger partial charge in [0.15, 0.2) is 5.76 Å². The maximum Gasteiger partial charge on any atom is 0.300 e. The van der Waals surface area contributed by atoms with Crippen molar-refractivity contribution in [2.24, 2.45) is 4.99 Å². The lowest BCUT2D eigenvalue weighted by atomic mass is 9.96. The molecule has 1 saturated carbocycles. The van der Waals surface area contributed by atoms with Crippen LogP contribution in [0, 0.1) is 0 Å². The van der Waals surface area contributed by atoms with Crippen LogP contribution in [0.2, 0.25) is 0 Å². The molecule has 150 valence electrons. The summed E-state index contributed by atoms with van der Waals surface area (Å²) in [5.74, 6) is 0.254. The first-order valence-electron chi connectivity index (χ1n) is 10.5. The van der Waals surface area contributed by atoms with Crippen molar-refractivity contribution in [1.82, 2.24) is 4.90 Å². The number of nitrogens with zero attached hydrogens (tertiary/aromatic N) is 3. The molecule has 0 spiro atoms. The molecule has 2 aliphatic heterocycles. The fourth-order valence-electron chi connectivity index (χ4n) is 4.00. The number of rotatable bonds is 4. The van der Waals surface area contributed by atoms with Crippen LogP contribution in [0.5, 0.6) is 0 Å². The van der Waals surface area contributed by atoms with Crippen LogP contribution in [-0.4, -0.2) is 55.7 Å². The average molecular weight is 383 g/mol. The summed E-state index contributed by atoms with van der Waals surface area (Å²) < 4.78 is 11.3. The Hall–Kier alpha value is -2.34. The Balaban J connectivity index is 1.49. The zero-order valence-electron chi connectivity index (χ0n) is 16.6. The third-order valence-electron chi connectivity index (χ3n) is 5.64. The van der Waals surface area contributed by atoms with Gasteiger partial charge >= 0.3 is 6.02 Å². The van der Waals surface area contributed by atoms with Crippen LogP contribution in [0.1, 0.15) is 44.6 Å². The maximum absolute atomic E-state index is 12.7. The lowest BCUT2D eigenvalue weighted by Gasteiger charge is -2.28. The second-order valence-electron chi connectivity index (χ2n) is 7.55. The predicted octanol–water partition coefficient (Wildman–Crippen LogP) is 3.43. The van der Waals surface area contributed by atoms with Crippen LogP contribution in [0.15, 0.2) is 35.0 Å². The lowest BCUT2D eigenvalue weighted by molar-refractivity contribution is -0.122. The number of morpholine rings is 1. The van der Waals surface area contributed by atoms with Gasteiger partial charge in [0, 0.05) is 25.3 Å². The van der Waals surface area contributed by atoms with Gasteiger partial charge in [0.25, 0.3) is 5.91 Å². The molecule has 0 aromatic heterocycles. The normalized spacial score (nSPS) is 24.2. The number of carbonyl (C=O) groups excluding carboxylic acids is 1. The Morgan fingerprint density at radius 1 is 1.11 bits per heavy atom. The molecule has 6 nitrogen and oxygen atoms in total. The number of benzene rings is 1. The van der Waals surface area contributed by atoms with Crippen LogP contribution in [-0.2, 0) is 14.3 Å². The van der Waals surface area contributed by atoms with E-state index in [1.165, 1.54) is 24.9 Å². The van der Waals surface area contributed by atoms with E-state index in [2.05, 4.69) is 17.0 Å². The molecule has 3 aliphatic rings. The SMILES string of the molecule is CCN1C(=O)C(=Cc2ccc(N3CCOCC3)cc2)OC1=NC1CCCCC1. The van der Waals surface area contributed by atoms with Crippen molar-refractivity contribution >= 4 is 23.7 Å². The molecular weight excluding hydrogens is 354 g/mol. The number of hydrogen-bond donors (Lipinski definition) is 0. The Bertz CT molecular complexity index is 745. The summed E-state index contributed by atoms with van der Waals surface area (Å²) in [6.45, 7) is 5.88. The maximum atomic E-state index is 12.7. The fraction of sp³-hybridized carbons (Fsp3) is 0.545. The first-order chi connectivity index (χ1) is 13.7. The minimum absolute atomic E-state index is 0.102. The fourth-order valence-corrected chi connectivity index (χ4v) is 4.00. The van der Waals surface area contributed by atoms with E-state index in [-0.39, 0.29) is 11.9 Å². The zero-order chi connectivity index (χ0) is 19.3. The van der Waals surface area contributed by atoms with Crippen LogP contribution in [0.3, 0.4) is 0 Å². The van der Waals surface area contributed by atoms with Gasteiger partial charge in [-0.3, -0.25) is 9.69 Å². The van der Waals surface area contributed by atoms with E-state index >= 15 is 0 Å². The van der Waals surface area contributed by atoms with Crippen molar-refractivity contribution < 1.29 is 14.3 Å². The zero-order valence-corrected chi connectivity index (χ0v) is 16.6. The first kappa shape index (κ1) is 19.0. The largest absolute Gasteiger partial charge is 0.420 e. The molecule has 0 atom stereocenters. The lowest BCUT2D eigenvalue weighted by Crippen LogP contribution is -2.36. The van der Waals surface area contributed by atoms with E-state index in [9.17, 15) is 4.79 Å². The van der Waals surface area contributed by atoms with E-state index in [4.69, 9.17) is 14.5 Å². The molecule has 1 aliphatic carbocycles. The van der Waals surface area contributed by atoms with Gasteiger partial charge in [0.2, 0.25) is 0 Å². The smallest absolute Gasteiger partial charge is 0.300 e. The van der Waals surface area contributed by atoms with Crippen LogP contribution >= 0.6 is 0 Å². The molecule has 1 aromatic rings. The number of hydrogen-bond acceptors (Lipinski definition) is 5. The van der Waals surface area contributed by atoms with Gasteiger partial charge in [-0.25, -0.2) is 4.99 Å². The molecule has 4 rings (SSSR count). The summed E-state index contributed by atoms with van der Waals surface area (Å²) in [6, 6.07) is 8.98. The summed E-state index contributed by atoms with van der Waals surface area (Å²) >= 11 is 0. The van der Waals surface area contributed by atoms with Crippen LogP contribution in [0.25, 0.3) is 6.08 Å². The minimum atomic E-state index is -0.102. The van der Waals surface area contributed by atoms with Crippen molar-refractivity contribution in [1.29, 1.82) is 0 Å². The van der Waals surface area contributed by atoms with Gasteiger partial charge < -0.3 is 14.4 Å². The molecule has 28 heavy (non-hydrogen) atoms. The third-order valence-corrected chi connectivity index (χ3v) is 5.64. The molecule has 0 bridgehead atoms. The highest BCUT2D eigenvalue weighted by atomic mass is 16.5. The van der Waals surface area contributed by atoms with Crippen molar-refractivity contribution in [3.8, 4) is 0 Å². The van der Waals surface area contributed by atoms with Gasteiger partial charge in [-0.15, -0.1) is 0 Å². The third kappa shape index (κ3) is 4.22. The molecule has 2 heterocycles. The molecule has 1 aromatic carbocycles. The Morgan fingerprint density at radius 2 is 1.82 bits per heavy atom. The molecule has 0 unspecified atom stereocenters. The summed E-state index contributed by atoms with van der Waals surface area (Å²) in [6.07, 6.45) is 7.68. The quantitative estimate of drug-likeness (QED) is 0.748. The van der Waals surface area contributed by atoms with Crippen molar-refractivity contribution in [3.05, 3.63) is 35.6 Å². The summed E-state index contributed by atoms with van der Waals surface area (Å²) in [4.78, 5) is 21.4. The van der Waals surface area contributed by atoms with Crippen molar-refractivity contribution in [2.45, 2.75) is 45.1 Å². The number of ether oxygens (including phenoxy) is 2. The van der Waals surface area contributed by atoms with Gasteiger partial charge in [-0.05, 0) is 43.5 Å². The number of carbonyl (C=O) groups is 1. The summed E-state index contributed by atoms with van der Waals surface area (Å²) in [5, 5.41) is 0. The van der Waals surface area contributed by atoms with Gasteiger partial charge in [0.1, 0.15) is 0 Å². The Kier molecular flexibility index (Phi) is 5.95. The molecule has 0 N–H and O–H groups in total. The van der Waals surface area contributed by atoms with Crippen molar-refractivity contribution in [3.63, 3.8) is 0 Å². The number of amidine groups is 1. The summed E-state index contributed by atoms with van der Waals surface area (Å²) in [7, 11) is 0. The van der Waals surface area contributed by atoms with E-state index in [0.717, 1.165) is 44.7 Å². The van der Waals surface area contributed by atoms with E-state index in [1.807, 2.05) is 25.1 Å². The number of aliphatic imine (C=N–C) groups is 1. The van der Waals surface area contributed by atoms with E-state index in [0.29, 0.717) is 18.3 Å². The second-order valence-corrected chi connectivity index (χ2v) is 7.55. The van der Waals surface area contributed by atoms with Crippen molar-refractivity contribution in [2.75, 3.05) is 37.7 Å². The second kappa shape index (κ2) is 8.78. The number of likely N-dealkylation sites (N-methyl/N-ethyl adjacent to an activating group) is 1. The minimum Gasteiger partial charge on any atom is -0.420 e. The Labute approximate surface area is 166 Å². The molecule has 6 heteroatoms. The summed E-state index contributed by atoms with van der Waals surface area (Å²) in [5.41, 5.74) is 2.13. The highest BCUT2D eigenvalue weighted by Crippen LogP contribution is 2.25. The molecule has 0 radical (unpaired) electrons. The highest BCUT2D eigenvalue weighted by Gasteiger charge is 2.34. The van der Waals surface area contributed by atoms with E-state index in [1.54, 1.807) is 4.90 Å². The standard InChI is InChI=1S/C22H29N3O3/c1-2-25-21(26)20(28-22(25)23-18-6-4-3-5-7-18)16-17-8-10-19(11-9-17)24-12-14-27-15-13-24/h8-11,16,18H,2-7,12-15H2,1H3.